The molecule has 0 unspecified atom stereocenters. The third kappa shape index (κ3) is 4.23. The van der Waals surface area contributed by atoms with Crippen LogP contribution in [0.4, 0.5) is 0 Å². The lowest BCUT2D eigenvalue weighted by molar-refractivity contribution is 0.412. The summed E-state index contributed by atoms with van der Waals surface area (Å²) < 4.78 is 26.2. The van der Waals surface area contributed by atoms with Gasteiger partial charge in [0.25, 0.3) is 0 Å². The lowest BCUT2D eigenvalue weighted by atomic mass is 10.3. The van der Waals surface area contributed by atoms with Gasteiger partial charge in [0.05, 0.1) is 0 Å². The topological polar surface area (TPSA) is 62.3 Å². The third-order valence-corrected chi connectivity index (χ3v) is 3.97. The summed E-state index contributed by atoms with van der Waals surface area (Å²) in [5.41, 5.74) is 0.641. The maximum absolute atomic E-state index is 11.9. The number of sulfonamides is 1. The van der Waals surface area contributed by atoms with Crippen molar-refractivity contribution in [2.24, 2.45) is 0 Å². The van der Waals surface area contributed by atoms with Gasteiger partial charge in [-0.25, -0.2) is 18.1 Å². The zero-order chi connectivity index (χ0) is 13.1. The van der Waals surface area contributed by atoms with Crippen molar-refractivity contribution in [3.63, 3.8) is 0 Å². The molecule has 7 heteroatoms. The number of pyridine rings is 1. The van der Waals surface area contributed by atoms with Gasteiger partial charge in [-0.3, -0.25) is 0 Å². The van der Waals surface area contributed by atoms with E-state index >= 15 is 0 Å². The van der Waals surface area contributed by atoms with E-state index in [0.717, 1.165) is 0 Å². The van der Waals surface area contributed by atoms with E-state index in [1.165, 1.54) is 12.3 Å². The van der Waals surface area contributed by atoms with E-state index in [0.29, 0.717) is 23.8 Å². The summed E-state index contributed by atoms with van der Waals surface area (Å²) in [6.45, 7) is 2.71. The van der Waals surface area contributed by atoms with Crippen LogP contribution in [0.1, 0.15) is 5.56 Å². The molecule has 1 N–H and O–H groups in total. The van der Waals surface area contributed by atoms with Gasteiger partial charge in [-0.2, -0.15) is 0 Å². The predicted octanol–water partition coefficient (Wildman–Crippen LogP) is 0.883. The Morgan fingerprint density at radius 1 is 1.47 bits per heavy atom. The van der Waals surface area contributed by atoms with E-state index in [1.54, 1.807) is 6.92 Å². The summed E-state index contributed by atoms with van der Waals surface area (Å²) in [4.78, 5) is 5.86. The minimum atomic E-state index is -3.49. The van der Waals surface area contributed by atoms with E-state index in [1.807, 2.05) is 19.0 Å². The number of nitrogens with one attached hydrogen (secondary N) is 1. The van der Waals surface area contributed by atoms with Gasteiger partial charge in [-0.1, -0.05) is 11.6 Å². The highest BCUT2D eigenvalue weighted by atomic mass is 35.5. The van der Waals surface area contributed by atoms with Crippen molar-refractivity contribution < 1.29 is 8.42 Å². The number of halogens is 1. The minimum absolute atomic E-state index is 0.137. The Hall–Kier alpha value is -0.690. The number of rotatable bonds is 5. The average molecular weight is 278 g/mol. The molecule has 0 saturated carbocycles. The first-order valence-corrected chi connectivity index (χ1v) is 6.95. The van der Waals surface area contributed by atoms with Crippen molar-refractivity contribution in [1.29, 1.82) is 0 Å². The highest BCUT2D eigenvalue weighted by Crippen LogP contribution is 2.15. The quantitative estimate of drug-likeness (QED) is 0.812. The molecule has 0 spiro atoms. The zero-order valence-electron chi connectivity index (χ0n) is 10.1. The number of aryl methyl sites for hydroxylation is 1. The van der Waals surface area contributed by atoms with Gasteiger partial charge in [0, 0.05) is 19.3 Å². The molecule has 1 aromatic rings. The van der Waals surface area contributed by atoms with Crippen LogP contribution in [0.15, 0.2) is 17.2 Å². The molecule has 0 aliphatic heterocycles. The Labute approximate surface area is 107 Å². The molecule has 0 radical (unpaired) electrons. The largest absolute Gasteiger partial charge is 0.308 e. The van der Waals surface area contributed by atoms with Crippen LogP contribution in [0.25, 0.3) is 0 Å². The maximum atomic E-state index is 11.9. The number of hydrogen-bond acceptors (Lipinski definition) is 4. The number of likely N-dealkylation sites (N-methyl/N-ethyl adjacent to an activating group) is 1. The molecule has 17 heavy (non-hydrogen) atoms. The SMILES string of the molecule is Cc1cc(S(=O)(=O)NCCN(C)C)cnc1Cl. The Morgan fingerprint density at radius 2 is 2.12 bits per heavy atom. The van der Waals surface area contributed by atoms with E-state index in [4.69, 9.17) is 11.6 Å². The fraction of sp³-hybridized carbons (Fsp3) is 0.500. The van der Waals surface area contributed by atoms with Crippen molar-refractivity contribution in [3.05, 3.63) is 23.0 Å². The first kappa shape index (κ1) is 14.4. The minimum Gasteiger partial charge on any atom is -0.308 e. The van der Waals surface area contributed by atoms with Crippen molar-refractivity contribution in [2.75, 3.05) is 27.2 Å². The van der Waals surface area contributed by atoms with Crippen molar-refractivity contribution in [1.82, 2.24) is 14.6 Å². The van der Waals surface area contributed by atoms with Gasteiger partial charge >= 0.3 is 0 Å². The van der Waals surface area contributed by atoms with E-state index in [-0.39, 0.29) is 4.90 Å². The Morgan fingerprint density at radius 3 is 2.65 bits per heavy atom. The second kappa shape index (κ2) is 5.77. The van der Waals surface area contributed by atoms with E-state index in [9.17, 15) is 8.42 Å². The molecule has 0 aromatic carbocycles. The maximum Gasteiger partial charge on any atom is 0.242 e. The molecule has 1 aromatic heterocycles. The van der Waals surface area contributed by atoms with E-state index < -0.39 is 10.0 Å². The summed E-state index contributed by atoms with van der Waals surface area (Å²) in [6.07, 6.45) is 1.26. The lowest BCUT2D eigenvalue weighted by Crippen LogP contribution is -2.31. The lowest BCUT2D eigenvalue weighted by Gasteiger charge is -2.11. The molecule has 0 aliphatic rings. The summed E-state index contributed by atoms with van der Waals surface area (Å²) >= 11 is 5.74. The summed E-state index contributed by atoms with van der Waals surface area (Å²) in [6, 6.07) is 1.51. The average Bonchev–Trinajstić information content (AvgIpc) is 2.21. The molecule has 0 amide bonds. The second-order valence-electron chi connectivity index (χ2n) is 3.98. The van der Waals surface area contributed by atoms with Gasteiger partial charge in [0.15, 0.2) is 0 Å². The third-order valence-electron chi connectivity index (χ3n) is 2.15. The fourth-order valence-corrected chi connectivity index (χ4v) is 2.32. The molecular formula is C10H16ClN3O2S. The van der Waals surface area contributed by atoms with Gasteiger partial charge in [0.2, 0.25) is 10.0 Å². The molecular weight excluding hydrogens is 262 g/mol. The monoisotopic (exact) mass is 277 g/mol. The van der Waals surface area contributed by atoms with Gasteiger partial charge in [-0.15, -0.1) is 0 Å². The Kier molecular flexibility index (Phi) is 4.88. The molecule has 0 fully saturated rings. The smallest absolute Gasteiger partial charge is 0.242 e. The molecule has 0 bridgehead atoms. The summed E-state index contributed by atoms with van der Waals surface area (Å²) in [5.74, 6) is 0. The van der Waals surface area contributed by atoms with Crippen molar-refractivity contribution in [3.8, 4) is 0 Å². The number of hydrogen-bond donors (Lipinski definition) is 1. The Bertz CT molecular complexity index is 488. The molecule has 0 aliphatic carbocycles. The number of nitrogens with zero attached hydrogens (tertiary/aromatic N) is 2. The standard InChI is InChI=1S/C10H16ClN3O2S/c1-8-6-9(7-12-10(8)11)17(15,16)13-4-5-14(2)3/h6-7,13H,4-5H2,1-3H3. The first-order valence-electron chi connectivity index (χ1n) is 5.09. The molecule has 96 valence electrons. The molecule has 5 nitrogen and oxygen atoms in total. The van der Waals surface area contributed by atoms with E-state index in [2.05, 4.69) is 9.71 Å². The van der Waals surface area contributed by atoms with Crippen LogP contribution in [0.2, 0.25) is 5.15 Å². The normalized spacial score (nSPS) is 12.1. The Balaban J connectivity index is 2.79. The summed E-state index contributed by atoms with van der Waals surface area (Å²) in [7, 11) is 0.262. The second-order valence-corrected chi connectivity index (χ2v) is 6.10. The van der Waals surface area contributed by atoms with Crippen LogP contribution < -0.4 is 4.72 Å². The van der Waals surface area contributed by atoms with Crippen LogP contribution in [0, 0.1) is 6.92 Å². The van der Waals surface area contributed by atoms with Crippen LogP contribution in [-0.2, 0) is 10.0 Å². The summed E-state index contributed by atoms with van der Waals surface area (Å²) in [5, 5.41) is 0.317. The zero-order valence-corrected chi connectivity index (χ0v) is 11.6. The highest BCUT2D eigenvalue weighted by Gasteiger charge is 2.14. The molecule has 0 atom stereocenters. The van der Waals surface area contributed by atoms with Crippen molar-refractivity contribution in [2.45, 2.75) is 11.8 Å². The van der Waals surface area contributed by atoms with Crippen LogP contribution >= 0.6 is 11.6 Å². The van der Waals surface area contributed by atoms with Gasteiger partial charge in [-0.05, 0) is 32.6 Å². The van der Waals surface area contributed by atoms with Crippen LogP contribution in [-0.4, -0.2) is 45.5 Å². The van der Waals surface area contributed by atoms with Crippen molar-refractivity contribution >= 4 is 21.6 Å². The van der Waals surface area contributed by atoms with Gasteiger partial charge < -0.3 is 4.90 Å². The highest BCUT2D eigenvalue weighted by molar-refractivity contribution is 7.89. The van der Waals surface area contributed by atoms with Crippen LogP contribution in [0.3, 0.4) is 0 Å². The number of aromatic nitrogens is 1. The van der Waals surface area contributed by atoms with Crippen LogP contribution in [0.5, 0.6) is 0 Å². The van der Waals surface area contributed by atoms with Gasteiger partial charge in [0.1, 0.15) is 10.0 Å². The fourth-order valence-electron chi connectivity index (χ4n) is 1.17. The molecule has 0 saturated heterocycles. The molecule has 1 rings (SSSR count). The molecule has 1 heterocycles. The first-order chi connectivity index (χ1) is 7.83. The predicted molar refractivity (Wildman–Crippen MR) is 67.7 cm³/mol.